The number of hydrogen-bond donors (Lipinski definition) is 1. The lowest BCUT2D eigenvalue weighted by Crippen LogP contribution is -2.03. The minimum absolute atomic E-state index is 0.395. The molecule has 0 aliphatic rings. The SMILES string of the molecule is COCc1nc(-c2cc(Br)c(C)s2)nc(N)c1Br. The highest BCUT2D eigenvalue weighted by molar-refractivity contribution is 9.11. The third kappa shape index (κ3) is 2.74. The number of anilines is 1. The number of nitrogen functional groups attached to an aromatic ring is 1. The molecule has 0 aromatic carbocycles. The molecular formula is C11H11Br2N3OS. The van der Waals surface area contributed by atoms with Crippen molar-refractivity contribution >= 4 is 49.0 Å². The maximum Gasteiger partial charge on any atom is 0.172 e. The lowest BCUT2D eigenvalue weighted by molar-refractivity contribution is 0.181. The van der Waals surface area contributed by atoms with E-state index < -0.39 is 0 Å². The number of ether oxygens (including phenoxy) is 1. The number of halogens is 2. The van der Waals surface area contributed by atoms with Gasteiger partial charge in [-0.25, -0.2) is 9.97 Å². The van der Waals surface area contributed by atoms with E-state index in [1.165, 1.54) is 4.88 Å². The third-order valence-corrected chi connectivity index (χ3v) is 5.30. The highest BCUT2D eigenvalue weighted by Gasteiger charge is 2.13. The van der Waals surface area contributed by atoms with E-state index in [1.807, 2.05) is 13.0 Å². The monoisotopic (exact) mass is 391 g/mol. The van der Waals surface area contributed by atoms with Crippen LogP contribution in [0.4, 0.5) is 5.82 Å². The van der Waals surface area contributed by atoms with Crippen molar-refractivity contribution in [3.8, 4) is 10.7 Å². The van der Waals surface area contributed by atoms with Gasteiger partial charge in [0.25, 0.3) is 0 Å². The molecule has 0 aliphatic carbocycles. The predicted molar refractivity (Wildman–Crippen MR) is 80.6 cm³/mol. The summed E-state index contributed by atoms with van der Waals surface area (Å²) in [5.74, 6) is 1.05. The number of hydrogen-bond acceptors (Lipinski definition) is 5. The molecule has 2 heterocycles. The number of methoxy groups -OCH3 is 1. The summed E-state index contributed by atoms with van der Waals surface area (Å²) < 4.78 is 6.85. The first-order chi connectivity index (χ1) is 8.52. The summed E-state index contributed by atoms with van der Waals surface area (Å²) in [6.07, 6.45) is 0. The fourth-order valence-electron chi connectivity index (χ4n) is 1.43. The van der Waals surface area contributed by atoms with Gasteiger partial charge < -0.3 is 10.5 Å². The van der Waals surface area contributed by atoms with Crippen LogP contribution in [0.5, 0.6) is 0 Å². The molecule has 96 valence electrons. The average molecular weight is 393 g/mol. The molecule has 2 rings (SSSR count). The van der Waals surface area contributed by atoms with Gasteiger partial charge in [-0.2, -0.15) is 0 Å². The highest BCUT2D eigenvalue weighted by atomic mass is 79.9. The van der Waals surface area contributed by atoms with E-state index in [1.54, 1.807) is 18.4 Å². The molecule has 0 amide bonds. The molecule has 0 atom stereocenters. The van der Waals surface area contributed by atoms with E-state index in [0.29, 0.717) is 22.7 Å². The van der Waals surface area contributed by atoms with Crippen LogP contribution in [0.3, 0.4) is 0 Å². The van der Waals surface area contributed by atoms with Gasteiger partial charge in [-0.3, -0.25) is 0 Å². The quantitative estimate of drug-likeness (QED) is 0.863. The zero-order valence-corrected chi connectivity index (χ0v) is 13.8. The van der Waals surface area contributed by atoms with Crippen LogP contribution in [0.2, 0.25) is 0 Å². The van der Waals surface area contributed by atoms with Crippen LogP contribution in [0.1, 0.15) is 10.6 Å². The van der Waals surface area contributed by atoms with Crippen molar-refractivity contribution < 1.29 is 4.74 Å². The van der Waals surface area contributed by atoms with Crippen LogP contribution in [0.15, 0.2) is 15.0 Å². The Kier molecular flexibility index (Phi) is 4.37. The van der Waals surface area contributed by atoms with E-state index in [4.69, 9.17) is 10.5 Å². The van der Waals surface area contributed by atoms with Gasteiger partial charge in [-0.05, 0) is 44.8 Å². The molecule has 0 bridgehead atoms. The second kappa shape index (κ2) is 5.64. The first kappa shape index (κ1) is 13.9. The molecule has 4 nitrogen and oxygen atoms in total. The molecule has 2 N–H and O–H groups in total. The van der Waals surface area contributed by atoms with Crippen molar-refractivity contribution in [2.24, 2.45) is 0 Å². The Morgan fingerprint density at radius 1 is 1.39 bits per heavy atom. The number of aryl methyl sites for hydroxylation is 1. The molecule has 7 heteroatoms. The lowest BCUT2D eigenvalue weighted by atomic mass is 10.3. The molecule has 0 spiro atoms. The second-order valence-electron chi connectivity index (χ2n) is 3.64. The Morgan fingerprint density at radius 2 is 2.11 bits per heavy atom. The fourth-order valence-corrected chi connectivity index (χ4v) is 3.19. The molecule has 0 aliphatic heterocycles. The third-order valence-electron chi connectivity index (χ3n) is 2.30. The molecule has 0 unspecified atom stereocenters. The van der Waals surface area contributed by atoms with Crippen molar-refractivity contribution in [3.63, 3.8) is 0 Å². The molecule has 0 saturated heterocycles. The minimum atomic E-state index is 0.395. The van der Waals surface area contributed by atoms with Crippen molar-refractivity contribution in [2.75, 3.05) is 12.8 Å². The molecule has 0 fully saturated rings. The van der Waals surface area contributed by atoms with Crippen LogP contribution in [-0.2, 0) is 11.3 Å². The molecule has 0 saturated carbocycles. The smallest absolute Gasteiger partial charge is 0.172 e. The maximum atomic E-state index is 5.87. The first-order valence-electron chi connectivity index (χ1n) is 5.10. The van der Waals surface area contributed by atoms with Gasteiger partial charge in [0.15, 0.2) is 5.82 Å². The van der Waals surface area contributed by atoms with Gasteiger partial charge in [0.2, 0.25) is 0 Å². The molecule has 2 aromatic rings. The number of rotatable bonds is 3. The van der Waals surface area contributed by atoms with Crippen molar-refractivity contribution in [3.05, 3.63) is 25.6 Å². The van der Waals surface area contributed by atoms with Gasteiger partial charge in [0, 0.05) is 16.5 Å². The van der Waals surface area contributed by atoms with E-state index in [9.17, 15) is 0 Å². The Morgan fingerprint density at radius 3 is 2.67 bits per heavy atom. The fraction of sp³-hybridized carbons (Fsp3) is 0.273. The normalized spacial score (nSPS) is 10.9. The summed E-state index contributed by atoms with van der Waals surface area (Å²) in [6.45, 7) is 2.43. The van der Waals surface area contributed by atoms with E-state index in [2.05, 4.69) is 41.8 Å². The summed E-state index contributed by atoms with van der Waals surface area (Å²) in [6, 6.07) is 2.00. The largest absolute Gasteiger partial charge is 0.383 e. The first-order valence-corrected chi connectivity index (χ1v) is 7.50. The van der Waals surface area contributed by atoms with Crippen LogP contribution in [0, 0.1) is 6.92 Å². The lowest BCUT2D eigenvalue weighted by Gasteiger charge is -2.07. The summed E-state index contributed by atoms with van der Waals surface area (Å²) in [5, 5.41) is 0. The summed E-state index contributed by atoms with van der Waals surface area (Å²) >= 11 is 8.48. The topological polar surface area (TPSA) is 61.0 Å². The van der Waals surface area contributed by atoms with Gasteiger partial charge in [0.05, 0.1) is 21.7 Å². The predicted octanol–water partition coefficient (Wildman–Crippen LogP) is 3.77. The Labute approximate surface area is 126 Å². The molecule has 18 heavy (non-hydrogen) atoms. The van der Waals surface area contributed by atoms with E-state index in [-0.39, 0.29) is 0 Å². The van der Waals surface area contributed by atoms with Crippen LogP contribution >= 0.6 is 43.2 Å². The number of nitrogens with zero attached hydrogens (tertiary/aromatic N) is 2. The number of nitrogens with two attached hydrogens (primary N) is 1. The van der Waals surface area contributed by atoms with Gasteiger partial charge in [-0.1, -0.05) is 0 Å². The summed E-state index contributed by atoms with van der Waals surface area (Å²) in [4.78, 5) is 10.9. The van der Waals surface area contributed by atoms with Crippen molar-refractivity contribution in [2.45, 2.75) is 13.5 Å². The van der Waals surface area contributed by atoms with Crippen LogP contribution < -0.4 is 5.73 Å². The zero-order chi connectivity index (χ0) is 13.3. The van der Waals surface area contributed by atoms with Gasteiger partial charge in [-0.15, -0.1) is 11.3 Å². The van der Waals surface area contributed by atoms with Crippen molar-refractivity contribution in [1.29, 1.82) is 0 Å². The maximum absolute atomic E-state index is 5.87. The van der Waals surface area contributed by atoms with Crippen LogP contribution in [0.25, 0.3) is 10.7 Å². The van der Waals surface area contributed by atoms with E-state index in [0.717, 1.165) is 15.0 Å². The van der Waals surface area contributed by atoms with Gasteiger partial charge >= 0.3 is 0 Å². The van der Waals surface area contributed by atoms with E-state index >= 15 is 0 Å². The summed E-state index contributed by atoms with van der Waals surface area (Å²) in [7, 11) is 1.62. The Bertz CT molecular complexity index is 566. The van der Waals surface area contributed by atoms with Gasteiger partial charge in [0.1, 0.15) is 5.82 Å². The molecular weight excluding hydrogens is 382 g/mol. The second-order valence-corrected chi connectivity index (χ2v) is 6.54. The zero-order valence-electron chi connectivity index (χ0n) is 9.83. The number of aromatic nitrogens is 2. The molecule has 2 aromatic heterocycles. The minimum Gasteiger partial charge on any atom is -0.383 e. The Hall–Kier alpha value is -0.500. The highest BCUT2D eigenvalue weighted by Crippen LogP contribution is 2.34. The molecule has 0 radical (unpaired) electrons. The Balaban J connectivity index is 2.51. The average Bonchev–Trinajstić information content (AvgIpc) is 2.65. The number of thiophene rings is 1. The summed E-state index contributed by atoms with van der Waals surface area (Å²) in [5.41, 5.74) is 6.63. The standard InChI is InChI=1S/C11H11Br2N3OS/c1-5-6(12)3-8(18-5)11-15-7(4-17-2)9(13)10(14)16-11/h3H,4H2,1-2H3,(H2,14,15,16). The van der Waals surface area contributed by atoms with Crippen LogP contribution in [-0.4, -0.2) is 17.1 Å². The van der Waals surface area contributed by atoms with Crippen molar-refractivity contribution in [1.82, 2.24) is 9.97 Å².